The molecule has 0 heterocycles. The molecule has 0 aromatic carbocycles. The first-order chi connectivity index (χ1) is 33.4. The fourth-order valence-corrected chi connectivity index (χ4v) is 7.50. The Morgan fingerprint density at radius 1 is 0.441 bits per heavy atom. The van der Waals surface area contributed by atoms with Crippen LogP contribution in [-0.2, 0) is 27.9 Å². The summed E-state index contributed by atoms with van der Waals surface area (Å²) in [5.41, 5.74) is 5.39. The number of hydrogen-bond acceptors (Lipinski definition) is 7. The zero-order valence-corrected chi connectivity index (χ0v) is 43.9. The Labute approximate surface area is 417 Å². The molecule has 0 saturated carbocycles. The van der Waals surface area contributed by atoms with Gasteiger partial charge >= 0.3 is 13.8 Å². The van der Waals surface area contributed by atoms with Gasteiger partial charge in [0.15, 0.2) is 0 Å². The third kappa shape index (κ3) is 53.6. The van der Waals surface area contributed by atoms with E-state index < -0.39 is 13.9 Å². The van der Waals surface area contributed by atoms with Gasteiger partial charge in [-0.15, -0.1) is 0 Å². The van der Waals surface area contributed by atoms with Crippen molar-refractivity contribution in [3.8, 4) is 0 Å². The van der Waals surface area contributed by atoms with Crippen LogP contribution in [0.15, 0.2) is 134 Å². The molecule has 0 spiro atoms. The van der Waals surface area contributed by atoms with Crippen LogP contribution in [0.4, 0.5) is 0 Å². The highest BCUT2D eigenvalue weighted by Gasteiger charge is 2.25. The van der Waals surface area contributed by atoms with Crippen molar-refractivity contribution in [1.29, 1.82) is 0 Å². The summed E-state index contributed by atoms with van der Waals surface area (Å²) in [6.45, 7) is 4.63. The number of phosphoric acid groups is 1. The number of hydrogen-bond donors (Lipinski definition) is 2. The second kappa shape index (κ2) is 54.6. The minimum absolute atomic E-state index is 0.0882. The van der Waals surface area contributed by atoms with Gasteiger partial charge in [0, 0.05) is 19.6 Å². The maximum atomic E-state index is 12.7. The van der Waals surface area contributed by atoms with Crippen LogP contribution < -0.4 is 5.73 Å². The van der Waals surface area contributed by atoms with Crippen LogP contribution in [0.3, 0.4) is 0 Å². The minimum Gasteiger partial charge on any atom is -0.457 e. The lowest BCUT2D eigenvalue weighted by atomic mass is 10.1. The Kier molecular flexibility index (Phi) is 51.9. The summed E-state index contributed by atoms with van der Waals surface area (Å²) in [5, 5.41) is 0. The summed E-state index contributed by atoms with van der Waals surface area (Å²) in [6.07, 6.45) is 77.7. The van der Waals surface area contributed by atoms with Crippen molar-refractivity contribution >= 4 is 13.8 Å². The molecule has 68 heavy (non-hydrogen) atoms. The molecule has 3 N–H and O–H groups in total. The van der Waals surface area contributed by atoms with E-state index in [1.54, 1.807) is 0 Å². The smallest absolute Gasteiger partial charge is 0.457 e. The fraction of sp³-hybridized carbons (Fsp3) is 0.610. The second-order valence-corrected chi connectivity index (χ2v) is 18.4. The van der Waals surface area contributed by atoms with E-state index in [0.717, 1.165) is 128 Å². The van der Waals surface area contributed by atoms with Crippen molar-refractivity contribution in [3.05, 3.63) is 134 Å². The normalized spacial score (nSPS) is 14.4. The van der Waals surface area contributed by atoms with Gasteiger partial charge in [-0.2, -0.15) is 0 Å². The second-order valence-electron chi connectivity index (χ2n) is 17.0. The lowest BCUT2D eigenvalue weighted by molar-refractivity contribution is -0.154. The van der Waals surface area contributed by atoms with Gasteiger partial charge in [0.25, 0.3) is 0 Å². The molecule has 9 heteroatoms. The number of phosphoric ester groups is 1. The monoisotopic (exact) mass is 964 g/mol. The van der Waals surface area contributed by atoms with E-state index >= 15 is 0 Å². The van der Waals surface area contributed by atoms with E-state index in [2.05, 4.69) is 148 Å². The van der Waals surface area contributed by atoms with Crippen LogP contribution in [0.5, 0.6) is 0 Å². The standard InChI is InChI=1S/C59H98NO7P/c1-3-5-7-9-11-13-15-17-19-21-23-25-27-28-29-31-33-35-37-39-41-43-45-47-49-51-54-64-56-58(57-66-68(62,63)65-55-53-60)67-59(61)52-50-48-46-44-42-40-38-36-34-32-30-26-24-22-20-18-16-14-12-10-8-6-4-2/h5-8,11-14,17-20,23-26,28-29,32-35,58H,3-4,9-10,15-16,21-22,27,30-31,36-57,60H2,1-2H3,(H,62,63)/b7-5-,8-6-,13-11-,14-12-,19-17-,20-18-,25-23-,26-24-,29-28-,34-32-,35-33-. The maximum Gasteiger partial charge on any atom is 0.472 e. The Morgan fingerprint density at radius 2 is 0.779 bits per heavy atom. The summed E-state index contributed by atoms with van der Waals surface area (Å²) in [5.74, 6) is -0.351. The number of esters is 1. The largest absolute Gasteiger partial charge is 0.472 e. The van der Waals surface area contributed by atoms with Crippen molar-refractivity contribution in [2.24, 2.45) is 5.73 Å². The van der Waals surface area contributed by atoms with Gasteiger partial charge in [0.2, 0.25) is 0 Å². The Bertz CT molecular complexity index is 1500. The van der Waals surface area contributed by atoms with Gasteiger partial charge in [0.05, 0.1) is 19.8 Å². The van der Waals surface area contributed by atoms with Crippen LogP contribution in [-0.4, -0.2) is 49.9 Å². The third-order valence-corrected chi connectivity index (χ3v) is 11.5. The first kappa shape index (κ1) is 64.6. The van der Waals surface area contributed by atoms with E-state index in [1.807, 2.05) is 0 Å². The number of rotatable bonds is 49. The summed E-state index contributed by atoms with van der Waals surface area (Å²) in [4.78, 5) is 22.6. The number of ether oxygens (including phenoxy) is 2. The van der Waals surface area contributed by atoms with Crippen LogP contribution in [0.2, 0.25) is 0 Å². The molecular formula is C59H98NO7P. The van der Waals surface area contributed by atoms with Crippen LogP contribution in [0.1, 0.15) is 194 Å². The molecule has 0 fully saturated rings. The van der Waals surface area contributed by atoms with Gasteiger partial charge in [-0.05, 0) is 109 Å². The summed E-state index contributed by atoms with van der Waals surface area (Å²) in [7, 11) is -4.30. The molecule has 2 unspecified atom stereocenters. The Morgan fingerprint density at radius 3 is 1.16 bits per heavy atom. The third-order valence-electron chi connectivity index (χ3n) is 10.6. The predicted molar refractivity (Wildman–Crippen MR) is 293 cm³/mol. The quantitative estimate of drug-likeness (QED) is 0.0268. The van der Waals surface area contributed by atoms with Crippen LogP contribution >= 0.6 is 7.82 Å². The SMILES string of the molecule is CC/C=C\C/C=C\C/C=C\C/C=C\C/C=C\C/C=C\CCCCCCCCCOCC(COP(=O)(O)OCCN)OC(=O)CCCCCCCCC/C=C\C/C=C\C/C=C\C/C=C\C/C=C\CC. The summed E-state index contributed by atoms with van der Waals surface area (Å²) >= 11 is 0. The molecule has 0 rings (SSSR count). The molecule has 0 aliphatic heterocycles. The van der Waals surface area contributed by atoms with E-state index in [9.17, 15) is 14.3 Å². The molecule has 0 amide bonds. The van der Waals surface area contributed by atoms with Crippen LogP contribution in [0, 0.1) is 0 Å². The first-order valence-electron chi connectivity index (χ1n) is 26.7. The van der Waals surface area contributed by atoms with Gasteiger partial charge in [-0.25, -0.2) is 4.57 Å². The number of unbranched alkanes of at least 4 members (excludes halogenated alkanes) is 14. The number of allylic oxidation sites excluding steroid dienone is 22. The average molecular weight is 964 g/mol. The highest BCUT2D eigenvalue weighted by atomic mass is 31.2. The van der Waals surface area contributed by atoms with Gasteiger partial charge in [0.1, 0.15) is 6.10 Å². The Balaban J connectivity index is 4.04. The topological polar surface area (TPSA) is 117 Å². The Hall–Kier alpha value is -3.36. The highest BCUT2D eigenvalue weighted by molar-refractivity contribution is 7.47. The molecule has 2 atom stereocenters. The van der Waals surface area contributed by atoms with Crippen molar-refractivity contribution in [2.75, 3.05) is 33.0 Å². The molecule has 0 saturated heterocycles. The number of carbonyl (C=O) groups excluding carboxylic acids is 1. The molecule has 0 aliphatic carbocycles. The van der Waals surface area contributed by atoms with Crippen molar-refractivity contribution in [1.82, 2.24) is 0 Å². The van der Waals surface area contributed by atoms with Gasteiger partial charge in [-0.3, -0.25) is 13.8 Å². The molecule has 8 nitrogen and oxygen atoms in total. The average Bonchev–Trinajstić information content (AvgIpc) is 3.33. The number of carbonyl (C=O) groups is 1. The van der Waals surface area contributed by atoms with Gasteiger partial charge < -0.3 is 20.1 Å². The van der Waals surface area contributed by atoms with E-state index in [4.69, 9.17) is 24.3 Å². The molecule has 0 aliphatic rings. The fourth-order valence-electron chi connectivity index (χ4n) is 6.73. The lowest BCUT2D eigenvalue weighted by Gasteiger charge is -2.20. The number of nitrogens with two attached hydrogens (primary N) is 1. The predicted octanol–water partition coefficient (Wildman–Crippen LogP) is 17.1. The minimum atomic E-state index is -4.30. The maximum absolute atomic E-state index is 12.7. The van der Waals surface area contributed by atoms with Crippen LogP contribution in [0.25, 0.3) is 0 Å². The van der Waals surface area contributed by atoms with E-state index in [-0.39, 0.29) is 32.3 Å². The van der Waals surface area contributed by atoms with E-state index in [1.165, 1.54) is 44.9 Å². The molecular weight excluding hydrogens is 866 g/mol. The van der Waals surface area contributed by atoms with Gasteiger partial charge in [-0.1, -0.05) is 212 Å². The molecule has 386 valence electrons. The lowest BCUT2D eigenvalue weighted by Crippen LogP contribution is -2.28. The summed E-state index contributed by atoms with van der Waals surface area (Å²) in [6, 6.07) is 0. The molecule has 0 bridgehead atoms. The first-order valence-corrected chi connectivity index (χ1v) is 28.2. The molecule has 0 aromatic heterocycles. The van der Waals surface area contributed by atoms with Crippen molar-refractivity contribution in [2.45, 2.75) is 200 Å². The van der Waals surface area contributed by atoms with E-state index in [0.29, 0.717) is 13.0 Å². The van der Waals surface area contributed by atoms with Crippen molar-refractivity contribution < 1.29 is 32.8 Å². The zero-order valence-electron chi connectivity index (χ0n) is 43.0. The summed E-state index contributed by atoms with van der Waals surface area (Å²) < 4.78 is 33.6. The van der Waals surface area contributed by atoms with Crippen molar-refractivity contribution in [3.63, 3.8) is 0 Å². The zero-order chi connectivity index (χ0) is 49.4. The molecule has 0 aromatic rings. The molecule has 0 radical (unpaired) electrons. The highest BCUT2D eigenvalue weighted by Crippen LogP contribution is 2.43.